The zero-order valence-corrected chi connectivity index (χ0v) is 8.97. The first-order valence-corrected chi connectivity index (χ1v) is 4.65. The Morgan fingerprint density at radius 3 is 2.73 bits per heavy atom. The molecule has 0 fully saturated rings. The number of nitro benzene ring substituents is 1. The monoisotopic (exact) mass is 271 g/mol. The molecule has 0 aliphatic carbocycles. The molecule has 15 heavy (non-hydrogen) atoms. The highest BCUT2D eigenvalue weighted by molar-refractivity contribution is 9.10. The number of carbonyl (C=O) groups is 1. The lowest BCUT2D eigenvalue weighted by atomic mass is 10.1. The molecular formula is C9H6BrNO4. The number of nitrogens with zero attached hydrogens (tertiary/aromatic N) is 1. The SMILES string of the molecule is O=C(O)/C=C/c1c(Br)cccc1[N+](=O)[O-]. The molecule has 6 heteroatoms. The maximum Gasteiger partial charge on any atom is 0.328 e. The molecule has 1 N–H and O–H groups in total. The van der Waals surface area contributed by atoms with Gasteiger partial charge in [0.25, 0.3) is 5.69 Å². The lowest BCUT2D eigenvalue weighted by molar-refractivity contribution is -0.385. The quantitative estimate of drug-likeness (QED) is 0.520. The summed E-state index contributed by atoms with van der Waals surface area (Å²) < 4.78 is 0.481. The van der Waals surface area contributed by atoms with Gasteiger partial charge in [-0.05, 0) is 28.1 Å². The van der Waals surface area contributed by atoms with Crippen molar-refractivity contribution >= 4 is 33.7 Å². The van der Waals surface area contributed by atoms with E-state index in [2.05, 4.69) is 15.9 Å². The molecule has 0 unspecified atom stereocenters. The first kappa shape index (κ1) is 11.4. The van der Waals surface area contributed by atoms with Crippen LogP contribution < -0.4 is 0 Å². The topological polar surface area (TPSA) is 80.4 Å². The van der Waals surface area contributed by atoms with Gasteiger partial charge >= 0.3 is 5.97 Å². The maximum atomic E-state index is 10.6. The van der Waals surface area contributed by atoms with Crippen molar-refractivity contribution in [1.29, 1.82) is 0 Å². The zero-order chi connectivity index (χ0) is 11.4. The molecule has 0 amide bonds. The van der Waals surface area contributed by atoms with Crippen LogP contribution in [0.25, 0.3) is 6.08 Å². The molecule has 0 aliphatic heterocycles. The number of halogens is 1. The van der Waals surface area contributed by atoms with Crippen molar-refractivity contribution in [3.05, 3.63) is 44.4 Å². The molecular weight excluding hydrogens is 266 g/mol. The van der Waals surface area contributed by atoms with Gasteiger partial charge in [-0.1, -0.05) is 6.07 Å². The first-order valence-electron chi connectivity index (χ1n) is 3.86. The largest absolute Gasteiger partial charge is 0.478 e. The molecule has 78 valence electrons. The number of hydrogen-bond donors (Lipinski definition) is 1. The van der Waals surface area contributed by atoms with Gasteiger partial charge in [-0.25, -0.2) is 4.79 Å². The van der Waals surface area contributed by atoms with E-state index in [0.717, 1.165) is 6.08 Å². The number of carboxylic acid groups (broad SMARTS) is 1. The second kappa shape index (κ2) is 4.70. The molecule has 1 aromatic rings. The molecule has 0 heterocycles. The number of rotatable bonds is 3. The number of aliphatic carboxylic acids is 1. The van der Waals surface area contributed by atoms with Gasteiger partial charge < -0.3 is 5.11 Å². The van der Waals surface area contributed by atoms with Gasteiger partial charge in [0, 0.05) is 16.6 Å². The Kier molecular flexibility index (Phi) is 3.56. The van der Waals surface area contributed by atoms with Crippen molar-refractivity contribution < 1.29 is 14.8 Å². The summed E-state index contributed by atoms with van der Waals surface area (Å²) in [6, 6.07) is 4.43. The predicted octanol–water partition coefficient (Wildman–Crippen LogP) is 2.46. The molecule has 0 bridgehead atoms. The third-order valence-corrected chi connectivity index (χ3v) is 2.31. The number of carboxylic acids is 1. The van der Waals surface area contributed by atoms with Gasteiger partial charge in [-0.15, -0.1) is 0 Å². The molecule has 1 aromatic carbocycles. The van der Waals surface area contributed by atoms with Gasteiger partial charge in [0.1, 0.15) is 0 Å². The Bertz CT molecular complexity index is 442. The summed E-state index contributed by atoms with van der Waals surface area (Å²) >= 11 is 3.12. The maximum absolute atomic E-state index is 10.6. The van der Waals surface area contributed by atoms with Crippen LogP contribution in [0.1, 0.15) is 5.56 Å². The van der Waals surface area contributed by atoms with E-state index in [9.17, 15) is 14.9 Å². The van der Waals surface area contributed by atoms with Crippen molar-refractivity contribution in [3.63, 3.8) is 0 Å². The van der Waals surface area contributed by atoms with E-state index in [1.807, 2.05) is 0 Å². The van der Waals surface area contributed by atoms with Crippen LogP contribution in [-0.4, -0.2) is 16.0 Å². The van der Waals surface area contributed by atoms with E-state index in [0.29, 0.717) is 4.47 Å². The van der Waals surface area contributed by atoms with E-state index in [-0.39, 0.29) is 11.3 Å². The third-order valence-electron chi connectivity index (χ3n) is 1.62. The number of benzene rings is 1. The predicted molar refractivity (Wildman–Crippen MR) is 57.5 cm³/mol. The van der Waals surface area contributed by atoms with Crippen molar-refractivity contribution in [2.45, 2.75) is 0 Å². The Hall–Kier alpha value is -1.69. The zero-order valence-electron chi connectivity index (χ0n) is 7.38. The van der Waals surface area contributed by atoms with Crippen molar-refractivity contribution in [1.82, 2.24) is 0 Å². The molecule has 0 aliphatic rings. The summed E-state index contributed by atoms with van der Waals surface area (Å²) in [5.41, 5.74) is 0.103. The molecule has 0 saturated carbocycles. The van der Waals surface area contributed by atoms with Crippen LogP contribution in [-0.2, 0) is 4.79 Å². The van der Waals surface area contributed by atoms with Crippen LogP contribution in [0.15, 0.2) is 28.7 Å². The van der Waals surface area contributed by atoms with Gasteiger partial charge in [-0.2, -0.15) is 0 Å². The van der Waals surface area contributed by atoms with Crippen LogP contribution in [0.5, 0.6) is 0 Å². The summed E-state index contributed by atoms with van der Waals surface area (Å²) in [4.78, 5) is 20.4. The van der Waals surface area contributed by atoms with E-state index in [4.69, 9.17) is 5.11 Å². The second-order valence-electron chi connectivity index (χ2n) is 2.60. The van der Waals surface area contributed by atoms with Crippen LogP contribution in [0.4, 0.5) is 5.69 Å². The summed E-state index contributed by atoms with van der Waals surface area (Å²) in [6.07, 6.45) is 2.04. The summed E-state index contributed by atoms with van der Waals surface area (Å²) in [5.74, 6) is -1.15. The summed E-state index contributed by atoms with van der Waals surface area (Å²) in [5, 5.41) is 19.0. The standard InChI is InChI=1S/C9H6BrNO4/c10-7-2-1-3-8(11(14)15)6(7)4-5-9(12)13/h1-5H,(H,12,13)/b5-4+. The Morgan fingerprint density at radius 2 is 2.20 bits per heavy atom. The van der Waals surface area contributed by atoms with E-state index >= 15 is 0 Å². The van der Waals surface area contributed by atoms with Gasteiger partial charge in [0.05, 0.1) is 10.5 Å². The summed E-state index contributed by atoms with van der Waals surface area (Å²) in [6.45, 7) is 0. The third kappa shape index (κ3) is 2.88. The highest BCUT2D eigenvalue weighted by atomic mass is 79.9. The fourth-order valence-corrected chi connectivity index (χ4v) is 1.49. The van der Waals surface area contributed by atoms with Gasteiger partial charge in [-0.3, -0.25) is 10.1 Å². The summed E-state index contributed by atoms with van der Waals surface area (Å²) in [7, 11) is 0. The average molecular weight is 272 g/mol. The molecule has 0 saturated heterocycles. The lowest BCUT2D eigenvalue weighted by Crippen LogP contribution is -1.93. The molecule has 0 atom stereocenters. The molecule has 0 aromatic heterocycles. The van der Waals surface area contributed by atoms with Crippen LogP contribution >= 0.6 is 15.9 Å². The Morgan fingerprint density at radius 1 is 1.53 bits per heavy atom. The van der Waals surface area contributed by atoms with E-state index < -0.39 is 10.9 Å². The molecule has 1 rings (SSSR count). The normalized spacial score (nSPS) is 10.5. The Labute approximate surface area is 93.3 Å². The first-order chi connectivity index (χ1) is 7.02. The number of hydrogen-bond acceptors (Lipinski definition) is 3. The highest BCUT2D eigenvalue weighted by Crippen LogP contribution is 2.27. The van der Waals surface area contributed by atoms with Crippen molar-refractivity contribution in [2.24, 2.45) is 0 Å². The average Bonchev–Trinajstić information content (AvgIpc) is 2.15. The van der Waals surface area contributed by atoms with Crippen LogP contribution in [0, 0.1) is 10.1 Å². The lowest BCUT2D eigenvalue weighted by Gasteiger charge is -1.99. The minimum atomic E-state index is -1.15. The van der Waals surface area contributed by atoms with Gasteiger partial charge in [0.15, 0.2) is 0 Å². The van der Waals surface area contributed by atoms with Gasteiger partial charge in [0.2, 0.25) is 0 Å². The smallest absolute Gasteiger partial charge is 0.328 e. The highest BCUT2D eigenvalue weighted by Gasteiger charge is 2.13. The minimum absolute atomic E-state index is 0.137. The van der Waals surface area contributed by atoms with Crippen LogP contribution in [0.2, 0.25) is 0 Å². The van der Waals surface area contributed by atoms with E-state index in [1.54, 1.807) is 6.07 Å². The minimum Gasteiger partial charge on any atom is -0.478 e. The van der Waals surface area contributed by atoms with Crippen molar-refractivity contribution in [2.75, 3.05) is 0 Å². The van der Waals surface area contributed by atoms with E-state index in [1.165, 1.54) is 18.2 Å². The fourth-order valence-electron chi connectivity index (χ4n) is 1.00. The second-order valence-corrected chi connectivity index (χ2v) is 3.46. The molecule has 5 nitrogen and oxygen atoms in total. The van der Waals surface area contributed by atoms with Crippen LogP contribution in [0.3, 0.4) is 0 Å². The van der Waals surface area contributed by atoms with Crippen molar-refractivity contribution in [3.8, 4) is 0 Å². The fraction of sp³-hybridized carbons (Fsp3) is 0. The number of nitro groups is 1. The molecule has 0 spiro atoms. The Balaban J connectivity index is 3.25. The molecule has 0 radical (unpaired) electrons.